The van der Waals surface area contributed by atoms with Crippen LogP contribution in [0.4, 0.5) is 0 Å². The lowest BCUT2D eigenvalue weighted by Crippen LogP contribution is -2.00. The van der Waals surface area contributed by atoms with Crippen molar-refractivity contribution < 1.29 is 77.1 Å². The number of rotatable bonds is 25. The van der Waals surface area contributed by atoms with E-state index >= 15 is 0 Å². The number of hydrogen-bond donors (Lipinski definition) is 3. The lowest BCUT2D eigenvalue weighted by Gasteiger charge is -2.13. The lowest BCUT2D eigenvalue weighted by atomic mass is 10.2. The van der Waals surface area contributed by atoms with Crippen LogP contribution in [0.25, 0.3) is 5.01 Å². The number of ether oxygens (including phenoxy) is 11. The summed E-state index contributed by atoms with van der Waals surface area (Å²) in [7, 11) is 12.9. The summed E-state index contributed by atoms with van der Waals surface area (Å²) in [6.07, 6.45) is 11.5. The standard InChI is InChI=1S/C13H19NO4.C13H17NO4.C13H18O4.C9H10O4.C4H9I.CH4O.4CH4/c2*1-4-5-6-18-10-7-12(16-2)11(9-14-15)13(8-10)17-3;1-4-5-6-17-10-7-12(15-2)11(9-14)13(8-10)16-3;1-12-8-3-6(11)4-9(13-2)7(8)5-10;1-2-3-4-5;1-2;;;;/h7-9,15H,4-6H2,1-3H3;7-8H,4-6H2,1-3H3;7-9H,4-6H2,1-3H3;3-5,11H,1-2H3;2-4H2,1H3;2H,1H3;4*1H4/b14-9+;;;;;;;;;. The molecule has 77 heavy (non-hydrogen) atoms. The quantitative estimate of drug-likeness (QED) is 0.0106. The minimum Gasteiger partial charge on any atom is -0.508 e. The summed E-state index contributed by atoms with van der Waals surface area (Å²) in [5.41, 5.74) is 1.66. The first-order valence-electron chi connectivity index (χ1n) is 23.2. The summed E-state index contributed by atoms with van der Waals surface area (Å²) in [6, 6.07) is 15.3. The predicted octanol–water partition coefficient (Wildman–Crippen LogP) is 14.0. The molecular weight excluding hydrogens is 1110 g/mol. The van der Waals surface area contributed by atoms with Gasteiger partial charge >= 0.3 is 6.07 Å². The number of carbonyl (C=O) groups excluding carboxylic acids is 2. The van der Waals surface area contributed by atoms with E-state index in [2.05, 4.69) is 66.5 Å². The minimum atomic E-state index is -0.000648. The number of halogens is 1. The van der Waals surface area contributed by atoms with Crippen molar-refractivity contribution in [2.45, 2.75) is 109 Å². The maximum Gasteiger partial charge on any atom is 0.344 e. The molecule has 0 aliphatic heterocycles. The molecule has 0 spiro atoms. The highest BCUT2D eigenvalue weighted by Gasteiger charge is 2.17. The predicted molar refractivity (Wildman–Crippen MR) is 320 cm³/mol. The van der Waals surface area contributed by atoms with Gasteiger partial charge in [-0.15, -0.1) is 0 Å². The van der Waals surface area contributed by atoms with Crippen LogP contribution in [0.5, 0.6) is 69.0 Å². The number of methoxy groups -OCH3 is 8. The zero-order valence-electron chi connectivity index (χ0n) is 44.7. The van der Waals surface area contributed by atoms with Gasteiger partial charge in [-0.1, -0.05) is 111 Å². The van der Waals surface area contributed by atoms with Crippen LogP contribution in [-0.4, -0.2) is 122 Å². The molecule has 0 saturated heterocycles. The van der Waals surface area contributed by atoms with Crippen LogP contribution in [0.2, 0.25) is 0 Å². The molecule has 0 saturated carbocycles. The normalized spacial score (nSPS) is 9.03. The Morgan fingerprint density at radius 3 is 1.00 bits per heavy atom. The van der Waals surface area contributed by atoms with E-state index < -0.39 is 0 Å². The Hall–Kier alpha value is -6.73. The third kappa shape index (κ3) is 31.2. The van der Waals surface area contributed by atoms with Gasteiger partial charge < -0.3 is 72.7 Å². The fourth-order valence-corrected chi connectivity index (χ4v) is 6.36. The average Bonchev–Trinajstić information content (AvgIpc) is 3.42. The Balaban J connectivity index is -0.000000207. The summed E-state index contributed by atoms with van der Waals surface area (Å²) < 4.78 is 58.9. The van der Waals surface area contributed by atoms with Gasteiger partial charge in [0, 0.05) is 60.6 Å². The van der Waals surface area contributed by atoms with Gasteiger partial charge in [-0.2, -0.15) is 0 Å². The first kappa shape index (κ1) is 81.6. The summed E-state index contributed by atoms with van der Waals surface area (Å²) in [4.78, 5) is 21.6. The number of aliphatic hydroxyl groups is 1. The molecule has 0 amide bonds. The first-order valence-corrected chi connectivity index (χ1v) is 24.7. The number of carbonyl (C=O) groups is 2. The number of unbranched alkanes of at least 4 members (excludes halogenated alkanes) is 4. The van der Waals surface area contributed by atoms with E-state index in [0.717, 1.165) is 45.6 Å². The highest BCUT2D eigenvalue weighted by Crippen LogP contribution is 2.36. The second-order valence-corrected chi connectivity index (χ2v) is 15.4. The van der Waals surface area contributed by atoms with Crippen molar-refractivity contribution in [3.8, 4) is 75.1 Å². The van der Waals surface area contributed by atoms with Gasteiger partial charge in [0.25, 0.3) is 0 Å². The van der Waals surface area contributed by atoms with Gasteiger partial charge in [0.05, 0.1) is 99.6 Å². The molecule has 3 N–H and O–H groups in total. The molecule has 4 aromatic carbocycles. The fourth-order valence-electron chi connectivity index (χ4n) is 5.60. The van der Waals surface area contributed by atoms with Gasteiger partial charge in [-0.3, -0.25) is 9.59 Å². The summed E-state index contributed by atoms with van der Waals surface area (Å²) >= 11 is 2.39. The maximum absolute atomic E-state index is 10.9. The van der Waals surface area contributed by atoms with Crippen molar-refractivity contribution >= 4 is 41.4 Å². The van der Waals surface area contributed by atoms with Gasteiger partial charge in [0.15, 0.2) is 18.1 Å². The van der Waals surface area contributed by atoms with Crippen LogP contribution < -0.4 is 52.1 Å². The number of nitrogens with zero attached hydrogens (tertiary/aromatic N) is 2. The number of aldehydes is 2. The number of alkyl halides is 1. The van der Waals surface area contributed by atoms with Crippen molar-refractivity contribution in [2.24, 2.45) is 5.16 Å². The summed E-state index contributed by atoms with van der Waals surface area (Å²) in [5.74, 6) is 5.45. The maximum atomic E-state index is 10.9. The van der Waals surface area contributed by atoms with Gasteiger partial charge in [0.2, 0.25) is 0 Å². The van der Waals surface area contributed by atoms with Crippen molar-refractivity contribution in [2.75, 3.05) is 88.2 Å². The number of phenols is 1. The summed E-state index contributed by atoms with van der Waals surface area (Å²) in [5, 5.41) is 40.8. The molecule has 0 aliphatic rings. The van der Waals surface area contributed by atoms with Gasteiger partial charge in [0.1, 0.15) is 69.0 Å². The molecule has 0 heterocycles. The Bertz CT molecular complexity index is 2110. The van der Waals surface area contributed by atoms with E-state index in [0.29, 0.717) is 118 Å². The SMILES string of the molecule is C.C.C.C.CCCCI.CCCCOc1cc(OC)c(/C=N/O)c(OC)c1.CCCCOc1cc(OC)c(C#[N+][O-])c(OC)c1.CCCCOc1cc(OC)c(C=O)c(OC)c1.CO.COc1cc(O)cc(OC)c1C=O. The second kappa shape index (κ2) is 52.7. The van der Waals surface area contributed by atoms with Crippen LogP contribution in [0.1, 0.15) is 141 Å². The monoisotopic (exact) mass is 1200 g/mol. The molecule has 0 atom stereocenters. The van der Waals surface area contributed by atoms with E-state index in [-0.39, 0.29) is 35.5 Å². The van der Waals surface area contributed by atoms with E-state index in [1.54, 1.807) is 50.6 Å². The fraction of sp³-hybridized carbons (Fsp3) is 0.509. The average molecular weight is 1210 g/mol. The van der Waals surface area contributed by atoms with Crippen LogP contribution in [0, 0.1) is 11.3 Å². The molecule has 20 heteroatoms. The van der Waals surface area contributed by atoms with Crippen LogP contribution in [0.15, 0.2) is 53.7 Å². The highest BCUT2D eigenvalue weighted by atomic mass is 127. The molecule has 19 nitrogen and oxygen atoms in total. The number of benzene rings is 4. The Morgan fingerprint density at radius 2 is 0.779 bits per heavy atom. The summed E-state index contributed by atoms with van der Waals surface area (Å²) in [6.45, 7) is 10.4. The number of oxime groups is 1. The van der Waals surface area contributed by atoms with Crippen molar-refractivity contribution in [3.63, 3.8) is 0 Å². The number of phenolic OH excluding ortho intramolecular Hbond substituents is 1. The lowest BCUT2D eigenvalue weighted by molar-refractivity contribution is 0.110. The molecule has 0 aliphatic carbocycles. The number of hydrogen-bond acceptors (Lipinski definition) is 18. The van der Waals surface area contributed by atoms with E-state index in [1.807, 2.05) is 0 Å². The third-order valence-electron chi connectivity index (χ3n) is 9.41. The van der Waals surface area contributed by atoms with Crippen LogP contribution in [0.3, 0.4) is 0 Å². The van der Waals surface area contributed by atoms with Crippen molar-refractivity contribution in [3.05, 3.63) is 81.0 Å². The Labute approximate surface area is 474 Å². The highest BCUT2D eigenvalue weighted by molar-refractivity contribution is 14.1. The molecule has 0 fully saturated rings. The first-order chi connectivity index (χ1) is 35.4. The number of aromatic hydroxyl groups is 1. The topological polar surface area (TPSA) is 236 Å². The zero-order valence-corrected chi connectivity index (χ0v) is 46.8. The zero-order chi connectivity index (χ0) is 55.4. The van der Waals surface area contributed by atoms with E-state index in [9.17, 15) is 19.9 Å². The van der Waals surface area contributed by atoms with Crippen molar-refractivity contribution in [1.82, 2.24) is 0 Å². The van der Waals surface area contributed by atoms with Crippen molar-refractivity contribution in [1.29, 1.82) is 0 Å². The largest absolute Gasteiger partial charge is 0.508 e. The Kier molecular flexibility index (Phi) is 55.9. The van der Waals surface area contributed by atoms with Crippen LogP contribution in [-0.2, 0) is 0 Å². The van der Waals surface area contributed by atoms with Crippen LogP contribution >= 0.6 is 22.6 Å². The van der Waals surface area contributed by atoms with Gasteiger partial charge in [-0.25, -0.2) is 0 Å². The Morgan fingerprint density at radius 1 is 0.506 bits per heavy atom. The molecule has 0 radical (unpaired) electrons. The van der Waals surface area contributed by atoms with E-state index in [4.69, 9.17) is 62.4 Å². The molecule has 440 valence electrons. The molecule has 4 aromatic rings. The second-order valence-electron chi connectivity index (χ2n) is 14.3. The molecule has 0 bridgehead atoms. The molecule has 0 unspecified atom stereocenters. The minimum absolute atomic E-state index is 0. The van der Waals surface area contributed by atoms with E-state index in [1.165, 1.54) is 78.3 Å². The van der Waals surface area contributed by atoms with Gasteiger partial charge in [-0.05, 0) is 30.1 Å². The molecule has 0 aromatic heterocycles. The number of aliphatic hydroxyl groups excluding tert-OH is 1. The molecule has 4 rings (SSSR count). The smallest absolute Gasteiger partial charge is 0.344 e. The molecular formula is C57H93IN2O17. The third-order valence-corrected chi connectivity index (χ3v) is 10.2.